The zero-order valence-electron chi connectivity index (χ0n) is 19.6. The van der Waals surface area contributed by atoms with Gasteiger partial charge in [0.2, 0.25) is 0 Å². The lowest BCUT2D eigenvalue weighted by molar-refractivity contribution is -0.243. The number of carbonyl (C=O) groups excluding carboxylic acids is 2. The molecule has 0 aromatic carbocycles. The fourth-order valence-electron chi connectivity index (χ4n) is 6.97. The van der Waals surface area contributed by atoms with Gasteiger partial charge in [-0.1, -0.05) is 19.9 Å². The zero-order valence-corrected chi connectivity index (χ0v) is 19.6. The molecule has 0 amide bonds. The molecule has 10 nitrogen and oxygen atoms in total. The van der Waals surface area contributed by atoms with Gasteiger partial charge in [-0.05, 0) is 37.0 Å². The molecule has 3 N–H and O–H groups in total. The van der Waals surface area contributed by atoms with Gasteiger partial charge in [-0.15, -0.1) is 0 Å². The number of methoxy groups -OCH3 is 3. The van der Waals surface area contributed by atoms with Gasteiger partial charge in [0, 0.05) is 25.2 Å². The van der Waals surface area contributed by atoms with E-state index in [2.05, 4.69) is 0 Å². The lowest BCUT2D eigenvalue weighted by Gasteiger charge is -2.56. The van der Waals surface area contributed by atoms with E-state index in [1.54, 1.807) is 0 Å². The summed E-state index contributed by atoms with van der Waals surface area (Å²) >= 11 is 0. The van der Waals surface area contributed by atoms with Crippen molar-refractivity contribution < 1.29 is 48.6 Å². The number of carbonyl (C=O) groups is 2. The first kappa shape index (κ1) is 24.6. The van der Waals surface area contributed by atoms with E-state index >= 15 is 0 Å². The van der Waals surface area contributed by atoms with Gasteiger partial charge >= 0.3 is 11.9 Å². The number of aliphatic hydroxyl groups is 3. The van der Waals surface area contributed by atoms with Crippen molar-refractivity contribution >= 4 is 11.9 Å². The lowest BCUT2D eigenvalue weighted by atomic mass is 9.46. The Balaban J connectivity index is 1.73. The van der Waals surface area contributed by atoms with Crippen molar-refractivity contribution in [1.82, 2.24) is 0 Å². The molecular weight excluding hydrogens is 436 g/mol. The minimum Gasteiger partial charge on any atom is -0.466 e. The molecule has 0 spiro atoms. The van der Waals surface area contributed by atoms with Crippen LogP contribution in [0.5, 0.6) is 0 Å². The first-order valence-electron chi connectivity index (χ1n) is 11.3. The van der Waals surface area contributed by atoms with Crippen LogP contribution in [0.3, 0.4) is 0 Å². The number of esters is 2. The second kappa shape index (κ2) is 8.28. The Labute approximate surface area is 192 Å². The average Bonchev–Trinajstić information content (AvgIpc) is 3.29. The highest BCUT2D eigenvalue weighted by atomic mass is 16.8. The molecule has 2 aliphatic carbocycles. The molecule has 2 saturated heterocycles. The van der Waals surface area contributed by atoms with Gasteiger partial charge in [0.15, 0.2) is 18.2 Å². The molecule has 186 valence electrons. The van der Waals surface area contributed by atoms with Gasteiger partial charge in [0.05, 0.1) is 19.1 Å². The molecular formula is C23H34O10. The van der Waals surface area contributed by atoms with Gasteiger partial charge in [0.1, 0.15) is 12.2 Å². The summed E-state index contributed by atoms with van der Waals surface area (Å²) in [6.07, 6.45) is -2.68. The highest BCUT2D eigenvalue weighted by Gasteiger charge is 2.69. The topological polar surface area (TPSA) is 141 Å². The molecule has 0 radical (unpaired) electrons. The molecule has 10 atom stereocenters. The van der Waals surface area contributed by atoms with Crippen molar-refractivity contribution in [2.45, 2.75) is 76.0 Å². The normalized spacial score (nSPS) is 47.5. The van der Waals surface area contributed by atoms with E-state index in [0.29, 0.717) is 24.8 Å². The Morgan fingerprint density at radius 2 is 1.97 bits per heavy atom. The van der Waals surface area contributed by atoms with Crippen LogP contribution in [0.1, 0.15) is 39.5 Å². The third-order valence-electron chi connectivity index (χ3n) is 8.75. The first-order valence-corrected chi connectivity index (χ1v) is 11.3. The van der Waals surface area contributed by atoms with Crippen molar-refractivity contribution in [3.8, 4) is 0 Å². The van der Waals surface area contributed by atoms with Crippen LogP contribution in [0.15, 0.2) is 11.6 Å². The van der Waals surface area contributed by atoms with Crippen LogP contribution >= 0.6 is 0 Å². The minimum absolute atomic E-state index is 0.0542. The average molecular weight is 471 g/mol. The van der Waals surface area contributed by atoms with E-state index in [1.807, 2.05) is 19.9 Å². The van der Waals surface area contributed by atoms with Crippen LogP contribution in [0.2, 0.25) is 0 Å². The molecule has 2 aliphatic heterocycles. The van der Waals surface area contributed by atoms with E-state index in [1.165, 1.54) is 21.3 Å². The second-order valence-corrected chi connectivity index (χ2v) is 10.1. The molecule has 1 saturated carbocycles. The maximum atomic E-state index is 12.9. The van der Waals surface area contributed by atoms with Crippen molar-refractivity contribution in [2.75, 3.05) is 21.3 Å². The number of rotatable bonds is 6. The standard InChI is InChI=1S/C23H34O10/c1-21(10-14(24)23(28)16(25)19(30-4)33-20(23)31-5)12-9-15(32-18(12)27)22(2)11(17(26)29-3)7-6-8-13(21)22/h7,12-16,19-20,24-25,28H,6,8-10H2,1-5H3/t12-,13-,14+,15-,16-,19-,20-,21+,22-,23-/m0/s1. The molecule has 0 aromatic rings. The van der Waals surface area contributed by atoms with Crippen LogP contribution in [-0.4, -0.2) is 85.1 Å². The van der Waals surface area contributed by atoms with Crippen molar-refractivity contribution in [3.63, 3.8) is 0 Å². The molecule has 4 aliphatic rings. The quantitative estimate of drug-likeness (QED) is 0.463. The van der Waals surface area contributed by atoms with Gasteiger partial charge in [-0.25, -0.2) is 4.79 Å². The highest BCUT2D eigenvalue weighted by Crippen LogP contribution is 2.66. The minimum atomic E-state index is -2.19. The number of hydrogen-bond donors (Lipinski definition) is 3. The largest absolute Gasteiger partial charge is 0.466 e. The molecule has 2 heterocycles. The van der Waals surface area contributed by atoms with Gasteiger partial charge in [0.25, 0.3) is 0 Å². The van der Waals surface area contributed by atoms with Crippen LogP contribution in [0.4, 0.5) is 0 Å². The summed E-state index contributed by atoms with van der Waals surface area (Å²) in [4.78, 5) is 25.6. The van der Waals surface area contributed by atoms with E-state index in [-0.39, 0.29) is 18.3 Å². The SMILES string of the molecule is COC(=O)C1=CCC[C@H]2[C@](C)(C[C@@H](O)[C@@]3(O)[C@@H](OC)O[C@H](OC)[C@@H]3O)[C@H]3C[C@H](OC3=O)[C@@]12C. The van der Waals surface area contributed by atoms with Crippen LogP contribution in [-0.2, 0) is 33.3 Å². The van der Waals surface area contributed by atoms with Crippen molar-refractivity contribution in [2.24, 2.45) is 22.7 Å². The van der Waals surface area contributed by atoms with Crippen LogP contribution < -0.4 is 0 Å². The Kier molecular flexibility index (Phi) is 6.16. The van der Waals surface area contributed by atoms with Gasteiger partial charge in [-0.3, -0.25) is 4.79 Å². The number of aliphatic hydroxyl groups excluding tert-OH is 2. The van der Waals surface area contributed by atoms with E-state index in [0.717, 1.165) is 0 Å². The third kappa shape index (κ3) is 3.22. The fourth-order valence-corrected chi connectivity index (χ4v) is 6.97. The summed E-state index contributed by atoms with van der Waals surface area (Å²) in [5.74, 6) is -1.61. The van der Waals surface area contributed by atoms with Crippen molar-refractivity contribution in [1.29, 1.82) is 0 Å². The third-order valence-corrected chi connectivity index (χ3v) is 8.75. The monoisotopic (exact) mass is 470 g/mol. The van der Waals surface area contributed by atoms with E-state index in [9.17, 15) is 24.9 Å². The molecule has 33 heavy (non-hydrogen) atoms. The Bertz CT molecular complexity index is 839. The van der Waals surface area contributed by atoms with Crippen LogP contribution in [0, 0.1) is 22.7 Å². The fraction of sp³-hybridized carbons (Fsp3) is 0.826. The van der Waals surface area contributed by atoms with Crippen molar-refractivity contribution in [3.05, 3.63) is 11.6 Å². The van der Waals surface area contributed by atoms with Crippen LogP contribution in [0.25, 0.3) is 0 Å². The summed E-state index contributed by atoms with van der Waals surface area (Å²) in [7, 11) is 3.92. The summed E-state index contributed by atoms with van der Waals surface area (Å²) in [5, 5.41) is 33.4. The molecule has 10 heteroatoms. The summed E-state index contributed by atoms with van der Waals surface area (Å²) < 4.78 is 26.5. The molecule has 2 bridgehead atoms. The maximum absolute atomic E-state index is 12.9. The maximum Gasteiger partial charge on any atom is 0.334 e. The predicted molar refractivity (Wildman–Crippen MR) is 111 cm³/mol. The zero-order chi connectivity index (χ0) is 24.3. The number of ether oxygens (including phenoxy) is 5. The Hall–Kier alpha value is -1.56. The summed E-state index contributed by atoms with van der Waals surface area (Å²) in [6, 6.07) is 0. The second-order valence-electron chi connectivity index (χ2n) is 10.1. The molecule has 0 unspecified atom stereocenters. The van der Waals surface area contributed by atoms with Gasteiger partial charge in [-0.2, -0.15) is 0 Å². The summed E-state index contributed by atoms with van der Waals surface area (Å²) in [5.41, 5.74) is -3.39. The van der Waals surface area contributed by atoms with E-state index in [4.69, 9.17) is 23.7 Å². The Morgan fingerprint density at radius 3 is 2.58 bits per heavy atom. The number of allylic oxidation sites excluding steroid dienone is 1. The molecule has 4 rings (SSSR count). The molecule has 3 fully saturated rings. The summed E-state index contributed by atoms with van der Waals surface area (Å²) in [6.45, 7) is 3.79. The number of fused-ring (bicyclic) bond motifs is 4. The van der Waals surface area contributed by atoms with Gasteiger partial charge < -0.3 is 39.0 Å². The number of hydrogen-bond acceptors (Lipinski definition) is 10. The Morgan fingerprint density at radius 1 is 1.27 bits per heavy atom. The predicted octanol–water partition coefficient (Wildman–Crippen LogP) is 0.272. The van der Waals surface area contributed by atoms with E-state index < -0.39 is 59.2 Å². The lowest BCUT2D eigenvalue weighted by Crippen LogP contribution is -2.62. The smallest absolute Gasteiger partial charge is 0.334 e. The molecule has 0 aromatic heterocycles. The highest BCUT2D eigenvalue weighted by molar-refractivity contribution is 5.91. The first-order chi connectivity index (χ1) is 15.5.